The fourth-order valence-electron chi connectivity index (χ4n) is 1.75. The molecular weight excluding hydrogens is 234 g/mol. The first-order valence-electron chi connectivity index (χ1n) is 5.98. The molecular formula is C13H19NO2S. The normalized spacial score (nSPS) is 18.0. The minimum atomic E-state index is -3.32. The smallest absolute Gasteiger partial charge is 0.211 e. The summed E-state index contributed by atoms with van der Waals surface area (Å²) in [6, 6.07) is 6.93. The minimum Gasteiger partial charge on any atom is -0.211 e. The van der Waals surface area contributed by atoms with Gasteiger partial charge in [-0.2, -0.15) is 0 Å². The molecule has 0 atom stereocenters. The number of hydrogen-bond acceptors (Lipinski definition) is 2. The van der Waals surface area contributed by atoms with Crippen LogP contribution in [0.1, 0.15) is 31.7 Å². The van der Waals surface area contributed by atoms with Crippen molar-refractivity contribution in [1.82, 2.24) is 4.72 Å². The van der Waals surface area contributed by atoms with Crippen LogP contribution in [0, 0.1) is 12.3 Å². The van der Waals surface area contributed by atoms with Gasteiger partial charge in [0, 0.05) is 6.54 Å². The van der Waals surface area contributed by atoms with Crippen LogP contribution in [0.4, 0.5) is 0 Å². The van der Waals surface area contributed by atoms with E-state index in [1.807, 2.05) is 19.1 Å². The average molecular weight is 253 g/mol. The Morgan fingerprint density at radius 1 is 1.24 bits per heavy atom. The number of rotatable bonds is 5. The number of sulfonamides is 1. The maximum absolute atomic E-state index is 11.9. The van der Waals surface area contributed by atoms with Crippen molar-refractivity contribution in [3.8, 4) is 0 Å². The molecule has 0 radical (unpaired) electrons. The Balaban J connectivity index is 1.96. The van der Waals surface area contributed by atoms with Crippen molar-refractivity contribution < 1.29 is 8.42 Å². The summed E-state index contributed by atoms with van der Waals surface area (Å²) in [5.41, 5.74) is 1.45. The molecule has 0 spiro atoms. The predicted octanol–water partition coefficient (Wildman–Crippen LogP) is 2.46. The highest BCUT2D eigenvalue weighted by Gasteiger charge is 2.36. The summed E-state index contributed by atoms with van der Waals surface area (Å²) in [7, 11) is -3.32. The lowest BCUT2D eigenvalue weighted by Gasteiger charge is -2.10. The van der Waals surface area contributed by atoms with Gasteiger partial charge < -0.3 is 0 Å². The molecule has 0 heterocycles. The Hall–Kier alpha value is -0.870. The van der Waals surface area contributed by atoms with Gasteiger partial charge >= 0.3 is 0 Å². The summed E-state index contributed by atoms with van der Waals surface area (Å²) in [6.45, 7) is 4.68. The van der Waals surface area contributed by atoms with Gasteiger partial charge in [-0.1, -0.05) is 24.6 Å². The fraction of sp³-hybridized carbons (Fsp3) is 0.538. The van der Waals surface area contributed by atoms with E-state index in [9.17, 15) is 8.42 Å². The maximum Gasteiger partial charge on any atom is 0.240 e. The zero-order valence-corrected chi connectivity index (χ0v) is 11.2. The van der Waals surface area contributed by atoms with Gasteiger partial charge in [0.1, 0.15) is 0 Å². The van der Waals surface area contributed by atoms with E-state index in [4.69, 9.17) is 0 Å². The van der Waals surface area contributed by atoms with E-state index in [0.29, 0.717) is 16.9 Å². The Morgan fingerprint density at radius 2 is 1.82 bits per heavy atom. The van der Waals surface area contributed by atoms with Crippen LogP contribution in [0.2, 0.25) is 0 Å². The second kappa shape index (κ2) is 4.42. The summed E-state index contributed by atoms with van der Waals surface area (Å²) in [6.07, 6.45) is 3.37. The van der Waals surface area contributed by atoms with Crippen LogP contribution >= 0.6 is 0 Å². The van der Waals surface area contributed by atoms with Crippen molar-refractivity contribution in [2.75, 3.05) is 6.54 Å². The Bertz CT molecular complexity index is 487. The van der Waals surface area contributed by atoms with Crippen molar-refractivity contribution >= 4 is 10.0 Å². The monoisotopic (exact) mass is 253 g/mol. The molecule has 0 bridgehead atoms. The molecule has 1 aliphatic carbocycles. The van der Waals surface area contributed by atoms with E-state index in [2.05, 4.69) is 11.6 Å². The molecule has 1 aromatic rings. The number of nitrogens with one attached hydrogen (secondary N) is 1. The Kier molecular flexibility index (Phi) is 3.27. The van der Waals surface area contributed by atoms with Crippen LogP contribution in [0.5, 0.6) is 0 Å². The Labute approximate surface area is 103 Å². The molecule has 1 aromatic carbocycles. The zero-order chi connectivity index (χ0) is 12.5. The first-order chi connectivity index (χ1) is 7.91. The second-order valence-electron chi connectivity index (χ2n) is 5.27. The SMILES string of the molecule is Cc1ccc(S(=O)(=O)NCCC2(C)CC2)cc1. The molecule has 1 saturated carbocycles. The topological polar surface area (TPSA) is 46.2 Å². The van der Waals surface area contributed by atoms with Gasteiger partial charge in [-0.15, -0.1) is 0 Å². The van der Waals surface area contributed by atoms with Crippen LogP contribution in [0.25, 0.3) is 0 Å². The van der Waals surface area contributed by atoms with Crippen LogP contribution in [0.15, 0.2) is 29.2 Å². The second-order valence-corrected chi connectivity index (χ2v) is 7.04. The van der Waals surface area contributed by atoms with Gasteiger partial charge in [-0.25, -0.2) is 13.1 Å². The molecule has 0 aliphatic heterocycles. The molecule has 2 rings (SSSR count). The summed E-state index contributed by atoms with van der Waals surface area (Å²) >= 11 is 0. The molecule has 0 amide bonds. The zero-order valence-electron chi connectivity index (χ0n) is 10.4. The summed E-state index contributed by atoms with van der Waals surface area (Å²) in [4.78, 5) is 0.351. The molecule has 0 aromatic heterocycles. The van der Waals surface area contributed by atoms with Gasteiger partial charge in [-0.3, -0.25) is 0 Å². The average Bonchev–Trinajstić information content (AvgIpc) is 2.97. The van der Waals surface area contributed by atoms with Crippen molar-refractivity contribution in [2.24, 2.45) is 5.41 Å². The molecule has 4 heteroatoms. The third-order valence-electron chi connectivity index (χ3n) is 3.46. The summed E-state index contributed by atoms with van der Waals surface area (Å²) in [5, 5.41) is 0. The lowest BCUT2D eigenvalue weighted by molar-refractivity contribution is 0.507. The van der Waals surface area contributed by atoms with Gasteiger partial charge in [-0.05, 0) is 43.7 Å². The highest BCUT2D eigenvalue weighted by molar-refractivity contribution is 7.89. The molecule has 17 heavy (non-hydrogen) atoms. The third-order valence-corrected chi connectivity index (χ3v) is 4.93. The molecule has 0 saturated heterocycles. The van der Waals surface area contributed by atoms with E-state index in [1.54, 1.807) is 12.1 Å². The van der Waals surface area contributed by atoms with Crippen LogP contribution in [0.3, 0.4) is 0 Å². The van der Waals surface area contributed by atoms with Gasteiger partial charge in [0.15, 0.2) is 0 Å². The van der Waals surface area contributed by atoms with Gasteiger partial charge in [0.25, 0.3) is 0 Å². The van der Waals surface area contributed by atoms with E-state index in [1.165, 1.54) is 12.8 Å². The lowest BCUT2D eigenvalue weighted by atomic mass is 10.1. The van der Waals surface area contributed by atoms with Gasteiger partial charge in [0.05, 0.1) is 4.90 Å². The van der Waals surface area contributed by atoms with E-state index in [-0.39, 0.29) is 0 Å². The van der Waals surface area contributed by atoms with Crippen molar-refractivity contribution in [2.45, 2.75) is 38.0 Å². The molecule has 1 aliphatic rings. The standard InChI is InChI=1S/C13H19NO2S/c1-11-3-5-12(6-4-11)17(15,16)14-10-9-13(2)7-8-13/h3-6,14H,7-10H2,1-2H3. The van der Waals surface area contributed by atoms with Gasteiger partial charge in [0.2, 0.25) is 10.0 Å². The quantitative estimate of drug-likeness (QED) is 0.876. The highest BCUT2D eigenvalue weighted by Crippen LogP contribution is 2.47. The lowest BCUT2D eigenvalue weighted by Crippen LogP contribution is -2.26. The molecule has 3 nitrogen and oxygen atoms in total. The van der Waals surface area contributed by atoms with Crippen LogP contribution in [-0.2, 0) is 10.0 Å². The minimum absolute atomic E-state index is 0.351. The van der Waals surface area contributed by atoms with Crippen molar-refractivity contribution in [3.05, 3.63) is 29.8 Å². The van der Waals surface area contributed by atoms with Crippen molar-refractivity contribution in [3.63, 3.8) is 0 Å². The molecule has 94 valence electrons. The van der Waals surface area contributed by atoms with E-state index in [0.717, 1.165) is 12.0 Å². The number of aryl methyl sites for hydroxylation is 1. The Morgan fingerprint density at radius 3 is 2.35 bits per heavy atom. The van der Waals surface area contributed by atoms with Crippen molar-refractivity contribution in [1.29, 1.82) is 0 Å². The summed E-state index contributed by atoms with van der Waals surface area (Å²) < 4.78 is 26.5. The number of benzene rings is 1. The molecule has 1 fully saturated rings. The van der Waals surface area contributed by atoms with E-state index >= 15 is 0 Å². The highest BCUT2D eigenvalue weighted by atomic mass is 32.2. The van der Waals surface area contributed by atoms with E-state index < -0.39 is 10.0 Å². The molecule has 0 unspecified atom stereocenters. The van der Waals surface area contributed by atoms with Crippen LogP contribution < -0.4 is 4.72 Å². The maximum atomic E-state index is 11.9. The first kappa shape index (κ1) is 12.6. The number of hydrogen-bond donors (Lipinski definition) is 1. The predicted molar refractivity (Wildman–Crippen MR) is 68.3 cm³/mol. The summed E-state index contributed by atoms with van der Waals surface area (Å²) in [5.74, 6) is 0. The largest absolute Gasteiger partial charge is 0.240 e. The fourth-order valence-corrected chi connectivity index (χ4v) is 2.78. The molecule has 1 N–H and O–H groups in total. The van der Waals surface area contributed by atoms with Crippen LogP contribution in [-0.4, -0.2) is 15.0 Å². The third kappa shape index (κ3) is 3.30. The first-order valence-corrected chi connectivity index (χ1v) is 7.46.